The molecule has 0 aliphatic rings. The first kappa shape index (κ1) is 22.1. The first-order valence-electron chi connectivity index (χ1n) is 10.5. The fourth-order valence-corrected chi connectivity index (χ4v) is 5.36. The highest BCUT2D eigenvalue weighted by Crippen LogP contribution is 2.35. The van der Waals surface area contributed by atoms with Crippen molar-refractivity contribution in [2.45, 2.75) is 19.0 Å². The van der Waals surface area contributed by atoms with E-state index in [4.69, 9.17) is 0 Å². The van der Waals surface area contributed by atoms with Gasteiger partial charge >= 0.3 is 0 Å². The Kier molecular flexibility index (Phi) is 5.99. The summed E-state index contributed by atoms with van der Waals surface area (Å²) in [7, 11) is 0. The monoisotopic (exact) mass is 488 g/mol. The molecule has 1 amide bonds. The summed E-state index contributed by atoms with van der Waals surface area (Å²) < 4.78 is 2.96. The van der Waals surface area contributed by atoms with Crippen LogP contribution in [0.2, 0.25) is 0 Å². The minimum Gasteiger partial charge on any atom is -0.277 e. The van der Waals surface area contributed by atoms with Crippen molar-refractivity contribution in [1.29, 1.82) is 0 Å². The van der Waals surface area contributed by atoms with Gasteiger partial charge in [-0.1, -0.05) is 59.8 Å². The molecule has 2 aromatic carbocycles. The number of aryl methyl sites for hydroxylation is 2. The number of carbonyl (C=O) groups excluding carboxylic acids is 1. The number of amides is 1. The van der Waals surface area contributed by atoms with Crippen LogP contribution in [0.1, 0.15) is 10.4 Å². The van der Waals surface area contributed by atoms with Gasteiger partial charge in [0.1, 0.15) is 17.5 Å². The molecule has 0 atom stereocenters. The Labute approximate surface area is 203 Å². The van der Waals surface area contributed by atoms with Crippen molar-refractivity contribution in [2.75, 3.05) is 11.2 Å². The van der Waals surface area contributed by atoms with Crippen LogP contribution in [-0.2, 0) is 4.79 Å². The van der Waals surface area contributed by atoms with Gasteiger partial charge in [0.2, 0.25) is 5.91 Å². The largest absolute Gasteiger partial charge is 0.281 e. The second-order valence-corrected chi connectivity index (χ2v) is 9.79. The van der Waals surface area contributed by atoms with Gasteiger partial charge in [-0.15, -0.1) is 21.5 Å². The smallest absolute Gasteiger partial charge is 0.277 e. The number of aromatic nitrogens is 5. The summed E-state index contributed by atoms with van der Waals surface area (Å²) in [6.45, 7) is 3.99. The third-order valence-electron chi connectivity index (χ3n) is 5.26. The molecule has 34 heavy (non-hydrogen) atoms. The maximum atomic E-state index is 13.3. The van der Waals surface area contributed by atoms with E-state index in [1.54, 1.807) is 6.33 Å². The predicted molar refractivity (Wildman–Crippen MR) is 135 cm³/mol. The Hall–Kier alpha value is -3.76. The van der Waals surface area contributed by atoms with E-state index < -0.39 is 0 Å². The van der Waals surface area contributed by atoms with Gasteiger partial charge in [-0.2, -0.15) is 0 Å². The van der Waals surface area contributed by atoms with Crippen molar-refractivity contribution >= 4 is 39.2 Å². The number of benzene rings is 2. The number of thiophene rings is 1. The zero-order chi connectivity index (χ0) is 23.7. The van der Waals surface area contributed by atoms with Crippen LogP contribution >= 0.6 is 23.1 Å². The molecular formula is C24H20N6O2S2. The van der Waals surface area contributed by atoms with Crippen molar-refractivity contribution in [1.82, 2.24) is 24.4 Å². The Morgan fingerprint density at radius 3 is 2.59 bits per heavy atom. The highest BCUT2D eigenvalue weighted by molar-refractivity contribution is 7.99. The summed E-state index contributed by atoms with van der Waals surface area (Å²) in [4.78, 5) is 32.0. The van der Waals surface area contributed by atoms with Crippen LogP contribution < -0.4 is 11.0 Å². The van der Waals surface area contributed by atoms with E-state index in [1.807, 2.05) is 73.0 Å². The number of fused-ring (bicyclic) bond motifs is 1. The van der Waals surface area contributed by atoms with Crippen LogP contribution in [0.5, 0.6) is 0 Å². The summed E-state index contributed by atoms with van der Waals surface area (Å²) in [5.41, 5.74) is 6.19. The maximum absolute atomic E-state index is 13.3. The standard InChI is InChI=1S/C24H20N6O2S2/c1-15-8-10-18(11-9-15)29-14-26-27-24(29)33-12-19(31)28-30-13-25-22-21(23(30)32)20(16(2)34-22)17-6-4-3-5-7-17/h3-11,13-14H,12H2,1-2H3,(H,28,31). The fraction of sp³-hybridized carbons (Fsp3) is 0.125. The lowest BCUT2D eigenvalue weighted by Gasteiger charge is -2.09. The molecule has 8 nitrogen and oxygen atoms in total. The number of rotatable bonds is 6. The van der Waals surface area contributed by atoms with Crippen molar-refractivity contribution in [3.8, 4) is 16.8 Å². The van der Waals surface area contributed by atoms with E-state index in [1.165, 1.54) is 29.4 Å². The van der Waals surface area contributed by atoms with Gasteiger partial charge in [0.05, 0.1) is 11.1 Å². The Morgan fingerprint density at radius 2 is 1.82 bits per heavy atom. The van der Waals surface area contributed by atoms with Crippen molar-refractivity contribution in [3.63, 3.8) is 0 Å². The van der Waals surface area contributed by atoms with Gasteiger partial charge in [-0.3, -0.25) is 19.6 Å². The average Bonchev–Trinajstić information content (AvgIpc) is 3.45. The molecule has 0 saturated carbocycles. The van der Waals surface area contributed by atoms with Crippen LogP contribution in [0.4, 0.5) is 0 Å². The third kappa shape index (κ3) is 4.25. The third-order valence-corrected chi connectivity index (χ3v) is 7.21. The van der Waals surface area contributed by atoms with Gasteiger partial charge in [0, 0.05) is 16.1 Å². The summed E-state index contributed by atoms with van der Waals surface area (Å²) in [5.74, 6) is -0.289. The normalized spacial score (nSPS) is 11.1. The second kappa shape index (κ2) is 9.24. The Morgan fingerprint density at radius 1 is 1.06 bits per heavy atom. The van der Waals surface area contributed by atoms with Crippen LogP contribution in [0.15, 0.2) is 77.2 Å². The molecule has 0 aliphatic carbocycles. The van der Waals surface area contributed by atoms with E-state index >= 15 is 0 Å². The lowest BCUT2D eigenvalue weighted by molar-refractivity contribution is -0.114. The molecule has 0 aliphatic heterocycles. The molecule has 0 unspecified atom stereocenters. The van der Waals surface area contributed by atoms with E-state index in [0.717, 1.165) is 31.9 Å². The minimum atomic E-state index is -0.347. The van der Waals surface area contributed by atoms with Gasteiger partial charge in [-0.25, -0.2) is 9.66 Å². The van der Waals surface area contributed by atoms with E-state index in [0.29, 0.717) is 15.4 Å². The molecule has 5 aromatic rings. The van der Waals surface area contributed by atoms with Crippen molar-refractivity contribution in [3.05, 3.63) is 88.0 Å². The number of hydrogen-bond donors (Lipinski definition) is 1. The molecule has 1 N–H and O–H groups in total. The number of nitrogens with one attached hydrogen (secondary N) is 1. The van der Waals surface area contributed by atoms with Gasteiger partial charge in [0.15, 0.2) is 5.16 Å². The molecule has 5 rings (SSSR count). The Bertz CT molecular complexity index is 1540. The zero-order valence-electron chi connectivity index (χ0n) is 18.4. The minimum absolute atomic E-state index is 0.0588. The van der Waals surface area contributed by atoms with Crippen LogP contribution in [-0.4, -0.2) is 36.1 Å². The number of nitrogens with zero attached hydrogens (tertiary/aromatic N) is 5. The summed E-state index contributed by atoms with van der Waals surface area (Å²) >= 11 is 2.70. The van der Waals surface area contributed by atoms with Crippen molar-refractivity contribution in [2.24, 2.45) is 0 Å². The number of hydrogen-bond acceptors (Lipinski definition) is 7. The van der Waals surface area contributed by atoms with E-state index in [9.17, 15) is 9.59 Å². The van der Waals surface area contributed by atoms with Crippen LogP contribution in [0, 0.1) is 13.8 Å². The Balaban J connectivity index is 1.36. The number of carbonyl (C=O) groups is 1. The van der Waals surface area contributed by atoms with Gasteiger partial charge in [-0.05, 0) is 31.5 Å². The van der Waals surface area contributed by atoms with Gasteiger partial charge in [0.25, 0.3) is 5.56 Å². The van der Waals surface area contributed by atoms with Crippen LogP contribution in [0.25, 0.3) is 27.0 Å². The topological polar surface area (TPSA) is 94.7 Å². The average molecular weight is 489 g/mol. The predicted octanol–water partition coefficient (Wildman–Crippen LogP) is 4.18. The second-order valence-electron chi connectivity index (χ2n) is 7.64. The molecule has 0 spiro atoms. The SMILES string of the molecule is Cc1ccc(-n2cnnc2SCC(=O)Nn2cnc3sc(C)c(-c4ccccc4)c3c2=O)cc1. The highest BCUT2D eigenvalue weighted by Gasteiger charge is 2.18. The molecule has 3 heterocycles. The molecule has 0 radical (unpaired) electrons. The summed E-state index contributed by atoms with van der Waals surface area (Å²) in [5, 5.41) is 9.17. The van der Waals surface area contributed by atoms with Crippen LogP contribution in [0.3, 0.4) is 0 Å². The first-order valence-corrected chi connectivity index (χ1v) is 12.3. The zero-order valence-corrected chi connectivity index (χ0v) is 20.1. The maximum Gasteiger partial charge on any atom is 0.281 e. The molecule has 0 bridgehead atoms. The summed E-state index contributed by atoms with van der Waals surface area (Å²) in [6, 6.07) is 17.7. The molecular weight excluding hydrogens is 468 g/mol. The highest BCUT2D eigenvalue weighted by atomic mass is 32.2. The van der Waals surface area contributed by atoms with Crippen molar-refractivity contribution < 1.29 is 4.79 Å². The quantitative estimate of drug-likeness (QED) is 0.360. The summed E-state index contributed by atoms with van der Waals surface area (Å²) in [6.07, 6.45) is 2.96. The lowest BCUT2D eigenvalue weighted by atomic mass is 10.0. The van der Waals surface area contributed by atoms with E-state index in [-0.39, 0.29) is 17.2 Å². The first-order chi connectivity index (χ1) is 16.5. The van der Waals surface area contributed by atoms with Gasteiger partial charge < -0.3 is 0 Å². The fourth-order valence-electron chi connectivity index (χ4n) is 3.64. The molecule has 170 valence electrons. The molecule has 0 saturated heterocycles. The molecule has 10 heteroatoms. The lowest BCUT2D eigenvalue weighted by Crippen LogP contribution is -2.34. The molecule has 0 fully saturated rings. The van der Waals surface area contributed by atoms with E-state index in [2.05, 4.69) is 20.6 Å². The molecule has 3 aromatic heterocycles. The number of thioether (sulfide) groups is 1.